The topological polar surface area (TPSA) is 52.1 Å². The van der Waals surface area contributed by atoms with Crippen LogP contribution in [0.1, 0.15) is 12.5 Å². The Morgan fingerprint density at radius 1 is 1.56 bits per heavy atom. The van der Waals surface area contributed by atoms with Gasteiger partial charge in [-0.3, -0.25) is 0 Å². The average Bonchev–Trinajstić information content (AvgIpc) is 2.75. The third-order valence-corrected chi connectivity index (χ3v) is 2.78. The maximum atomic E-state index is 11.2. The summed E-state index contributed by atoms with van der Waals surface area (Å²) in [5.41, 5.74) is 1.77. The summed E-state index contributed by atoms with van der Waals surface area (Å²) in [4.78, 5) is 11.2. The molecule has 0 saturated heterocycles. The van der Waals surface area contributed by atoms with Gasteiger partial charge in [-0.1, -0.05) is 16.6 Å². The molecule has 0 aliphatic carbocycles. The molecule has 1 aromatic heterocycles. The summed E-state index contributed by atoms with van der Waals surface area (Å²) in [6.45, 7) is 2.16. The Labute approximate surface area is 96.7 Å². The molecule has 0 bridgehead atoms. The van der Waals surface area contributed by atoms with Crippen LogP contribution in [0.2, 0.25) is 0 Å². The predicted molar refractivity (Wildman–Crippen MR) is 63.1 cm³/mol. The van der Waals surface area contributed by atoms with Crippen LogP contribution in [-0.2, 0) is 9.53 Å². The maximum Gasteiger partial charge on any atom is 0.330 e. The molecule has 0 atom stereocenters. The third kappa shape index (κ3) is 2.25. The van der Waals surface area contributed by atoms with Crippen LogP contribution in [0.3, 0.4) is 0 Å². The SMILES string of the molecule is CCOC(=O)/C=C/c1cccc2nnsc12. The summed E-state index contributed by atoms with van der Waals surface area (Å²) in [5, 5.41) is 3.96. The second kappa shape index (κ2) is 4.85. The van der Waals surface area contributed by atoms with Gasteiger partial charge in [0.25, 0.3) is 0 Å². The molecule has 0 fully saturated rings. The Hall–Kier alpha value is -1.75. The number of rotatable bonds is 3. The Kier molecular flexibility index (Phi) is 3.26. The molecular formula is C11H10N2O2S. The Morgan fingerprint density at radius 2 is 2.44 bits per heavy atom. The number of hydrogen-bond acceptors (Lipinski definition) is 5. The molecule has 0 N–H and O–H groups in total. The molecule has 0 unspecified atom stereocenters. The first-order chi connectivity index (χ1) is 7.81. The third-order valence-electron chi connectivity index (χ3n) is 1.99. The average molecular weight is 234 g/mol. The monoisotopic (exact) mass is 234 g/mol. The van der Waals surface area contributed by atoms with E-state index in [0.717, 1.165) is 15.8 Å². The molecule has 82 valence electrons. The van der Waals surface area contributed by atoms with Gasteiger partial charge in [-0.25, -0.2) is 4.79 Å². The van der Waals surface area contributed by atoms with E-state index in [2.05, 4.69) is 9.59 Å². The molecule has 5 heteroatoms. The summed E-state index contributed by atoms with van der Waals surface area (Å²) in [7, 11) is 0. The van der Waals surface area contributed by atoms with Crippen LogP contribution in [0.25, 0.3) is 16.3 Å². The van der Waals surface area contributed by atoms with Crippen LogP contribution in [0.15, 0.2) is 24.3 Å². The first-order valence-electron chi connectivity index (χ1n) is 4.87. The summed E-state index contributed by atoms with van der Waals surface area (Å²) >= 11 is 1.31. The summed E-state index contributed by atoms with van der Waals surface area (Å²) in [5.74, 6) is -0.336. The van der Waals surface area contributed by atoms with Crippen LogP contribution in [0, 0.1) is 0 Å². The van der Waals surface area contributed by atoms with Gasteiger partial charge in [0.15, 0.2) is 0 Å². The van der Waals surface area contributed by atoms with Crippen molar-refractivity contribution in [2.24, 2.45) is 0 Å². The first kappa shape index (κ1) is 10.8. The van der Waals surface area contributed by atoms with E-state index in [1.54, 1.807) is 13.0 Å². The van der Waals surface area contributed by atoms with Crippen molar-refractivity contribution in [3.63, 3.8) is 0 Å². The van der Waals surface area contributed by atoms with Gasteiger partial charge in [0.2, 0.25) is 0 Å². The highest BCUT2D eigenvalue weighted by atomic mass is 32.1. The van der Waals surface area contributed by atoms with Gasteiger partial charge < -0.3 is 4.74 Å². The number of carbonyl (C=O) groups excluding carboxylic acids is 1. The van der Waals surface area contributed by atoms with Gasteiger partial charge in [-0.15, -0.1) is 5.10 Å². The van der Waals surface area contributed by atoms with Gasteiger partial charge in [-0.2, -0.15) is 0 Å². The molecule has 0 aliphatic rings. The van der Waals surface area contributed by atoms with E-state index < -0.39 is 0 Å². The number of esters is 1. The van der Waals surface area contributed by atoms with Gasteiger partial charge in [0.1, 0.15) is 5.52 Å². The Bertz CT molecular complexity index is 534. The largest absolute Gasteiger partial charge is 0.463 e. The molecule has 2 rings (SSSR count). The number of fused-ring (bicyclic) bond motifs is 1. The highest BCUT2D eigenvalue weighted by Crippen LogP contribution is 2.21. The Balaban J connectivity index is 2.27. The van der Waals surface area contributed by atoms with E-state index in [4.69, 9.17) is 4.74 Å². The van der Waals surface area contributed by atoms with Crippen LogP contribution in [0.5, 0.6) is 0 Å². The molecule has 0 saturated carbocycles. The number of ether oxygens (including phenoxy) is 1. The minimum atomic E-state index is -0.336. The van der Waals surface area contributed by atoms with E-state index in [0.29, 0.717) is 6.61 Å². The molecule has 2 aromatic rings. The lowest BCUT2D eigenvalue weighted by Crippen LogP contribution is -1.98. The quantitative estimate of drug-likeness (QED) is 0.604. The van der Waals surface area contributed by atoms with E-state index in [1.807, 2.05) is 18.2 Å². The second-order valence-corrected chi connectivity index (χ2v) is 3.81. The molecule has 0 aliphatic heterocycles. The van der Waals surface area contributed by atoms with Gasteiger partial charge >= 0.3 is 5.97 Å². The molecular weight excluding hydrogens is 224 g/mol. The molecule has 1 aromatic carbocycles. The van der Waals surface area contributed by atoms with Crippen LogP contribution >= 0.6 is 11.5 Å². The number of benzene rings is 1. The lowest BCUT2D eigenvalue weighted by Gasteiger charge is -1.95. The lowest BCUT2D eigenvalue weighted by atomic mass is 10.2. The molecule has 4 nitrogen and oxygen atoms in total. The number of hydrogen-bond donors (Lipinski definition) is 0. The fraction of sp³-hybridized carbons (Fsp3) is 0.182. The summed E-state index contributed by atoms with van der Waals surface area (Å²) in [6, 6.07) is 5.69. The van der Waals surface area contributed by atoms with Crippen molar-refractivity contribution < 1.29 is 9.53 Å². The van der Waals surface area contributed by atoms with Crippen molar-refractivity contribution in [1.82, 2.24) is 9.59 Å². The maximum absolute atomic E-state index is 11.2. The molecule has 0 spiro atoms. The van der Waals surface area contributed by atoms with Crippen molar-refractivity contribution in [3.05, 3.63) is 29.8 Å². The van der Waals surface area contributed by atoms with Crippen molar-refractivity contribution in [1.29, 1.82) is 0 Å². The zero-order chi connectivity index (χ0) is 11.4. The fourth-order valence-corrected chi connectivity index (χ4v) is 1.96. The number of aromatic nitrogens is 2. The minimum Gasteiger partial charge on any atom is -0.463 e. The fourth-order valence-electron chi connectivity index (χ4n) is 1.31. The van der Waals surface area contributed by atoms with Gasteiger partial charge in [0, 0.05) is 6.08 Å². The first-order valence-corrected chi connectivity index (χ1v) is 5.64. The van der Waals surface area contributed by atoms with E-state index in [-0.39, 0.29) is 5.97 Å². The number of carbonyl (C=O) groups is 1. The normalized spacial score (nSPS) is 11.1. The second-order valence-electron chi connectivity index (χ2n) is 3.05. The smallest absolute Gasteiger partial charge is 0.330 e. The minimum absolute atomic E-state index is 0.336. The standard InChI is InChI=1S/C11H10N2O2S/c1-2-15-10(14)7-6-8-4-3-5-9-11(8)16-13-12-9/h3-7H,2H2,1H3/b7-6+. The predicted octanol–water partition coefficient (Wildman–Crippen LogP) is 2.27. The van der Waals surface area contributed by atoms with Crippen LogP contribution in [-0.4, -0.2) is 22.2 Å². The van der Waals surface area contributed by atoms with Gasteiger partial charge in [-0.05, 0) is 36.2 Å². The van der Waals surface area contributed by atoms with E-state index in [1.165, 1.54) is 17.6 Å². The summed E-state index contributed by atoms with van der Waals surface area (Å²) in [6.07, 6.45) is 3.14. The molecule has 16 heavy (non-hydrogen) atoms. The zero-order valence-corrected chi connectivity index (χ0v) is 9.53. The lowest BCUT2D eigenvalue weighted by molar-refractivity contribution is -0.137. The molecule has 0 radical (unpaired) electrons. The highest BCUT2D eigenvalue weighted by Gasteiger charge is 2.02. The summed E-state index contributed by atoms with van der Waals surface area (Å²) < 4.78 is 9.65. The Morgan fingerprint density at radius 3 is 3.25 bits per heavy atom. The van der Waals surface area contributed by atoms with E-state index >= 15 is 0 Å². The van der Waals surface area contributed by atoms with Crippen LogP contribution < -0.4 is 0 Å². The van der Waals surface area contributed by atoms with Crippen molar-refractivity contribution in [2.75, 3.05) is 6.61 Å². The zero-order valence-electron chi connectivity index (χ0n) is 8.71. The van der Waals surface area contributed by atoms with Crippen molar-refractivity contribution in [3.8, 4) is 0 Å². The number of nitrogens with zero attached hydrogens (tertiary/aromatic N) is 2. The molecule has 0 amide bonds. The van der Waals surface area contributed by atoms with E-state index in [9.17, 15) is 4.79 Å². The van der Waals surface area contributed by atoms with Crippen molar-refractivity contribution >= 4 is 33.8 Å². The molecule has 1 heterocycles. The van der Waals surface area contributed by atoms with Crippen molar-refractivity contribution in [2.45, 2.75) is 6.92 Å². The van der Waals surface area contributed by atoms with Crippen LogP contribution in [0.4, 0.5) is 0 Å². The highest BCUT2D eigenvalue weighted by molar-refractivity contribution is 7.13. The van der Waals surface area contributed by atoms with Gasteiger partial charge in [0.05, 0.1) is 11.3 Å².